The Hall–Kier alpha value is -1.50. The van der Waals surface area contributed by atoms with Gasteiger partial charge in [0.1, 0.15) is 0 Å². The Morgan fingerprint density at radius 1 is 0.714 bits per heavy atom. The minimum absolute atomic E-state index is 0.752. The van der Waals surface area contributed by atoms with E-state index in [2.05, 4.69) is 67.6 Å². The molecule has 0 saturated heterocycles. The molecule has 2 aromatic rings. The van der Waals surface area contributed by atoms with Crippen LogP contribution in [-0.2, 0) is 6.42 Å². The van der Waals surface area contributed by atoms with Crippen molar-refractivity contribution in [3.8, 4) is 0 Å². The number of benzene rings is 2. The molecule has 2 aromatic carbocycles. The second-order valence-corrected chi connectivity index (χ2v) is 5.98. The van der Waals surface area contributed by atoms with E-state index >= 15 is 0 Å². The molecule has 0 N–H and O–H groups in total. The SMILES string of the molecule is CCCCB(CCCCc1ccccc1)c1ccccc1. The Balaban J connectivity index is 1.79. The lowest BCUT2D eigenvalue weighted by Gasteiger charge is -2.13. The molecule has 110 valence electrons. The van der Waals surface area contributed by atoms with Gasteiger partial charge in [-0.2, -0.15) is 0 Å². The highest BCUT2D eigenvalue weighted by Gasteiger charge is 2.14. The van der Waals surface area contributed by atoms with Gasteiger partial charge in [0.2, 0.25) is 0 Å². The summed E-state index contributed by atoms with van der Waals surface area (Å²) in [5, 5.41) is 0. The summed E-state index contributed by atoms with van der Waals surface area (Å²) in [6, 6.07) is 21.9. The zero-order chi connectivity index (χ0) is 14.8. The molecular weight excluding hydrogens is 251 g/mol. The zero-order valence-electron chi connectivity index (χ0n) is 13.3. The molecule has 0 spiro atoms. The maximum absolute atomic E-state index is 2.30. The maximum Gasteiger partial charge on any atom is 0.175 e. The summed E-state index contributed by atoms with van der Waals surface area (Å²) in [4.78, 5) is 0. The second-order valence-electron chi connectivity index (χ2n) is 5.98. The van der Waals surface area contributed by atoms with Gasteiger partial charge in [0.15, 0.2) is 6.71 Å². The van der Waals surface area contributed by atoms with Gasteiger partial charge in [-0.25, -0.2) is 0 Å². The smallest absolute Gasteiger partial charge is 0.0801 e. The average Bonchev–Trinajstić information content (AvgIpc) is 2.56. The fourth-order valence-electron chi connectivity index (χ4n) is 3.02. The third-order valence-electron chi connectivity index (χ3n) is 4.29. The molecule has 0 bridgehead atoms. The topological polar surface area (TPSA) is 0 Å². The maximum atomic E-state index is 2.30. The summed E-state index contributed by atoms with van der Waals surface area (Å²) >= 11 is 0. The Labute approximate surface area is 130 Å². The van der Waals surface area contributed by atoms with Gasteiger partial charge in [0, 0.05) is 0 Å². The van der Waals surface area contributed by atoms with Crippen molar-refractivity contribution >= 4 is 12.2 Å². The van der Waals surface area contributed by atoms with E-state index in [1.54, 1.807) is 0 Å². The van der Waals surface area contributed by atoms with Crippen molar-refractivity contribution < 1.29 is 0 Å². The summed E-state index contributed by atoms with van der Waals surface area (Å²) < 4.78 is 0. The minimum atomic E-state index is 0.752. The molecule has 0 radical (unpaired) electrons. The van der Waals surface area contributed by atoms with E-state index in [1.165, 1.54) is 55.8 Å². The van der Waals surface area contributed by atoms with Gasteiger partial charge >= 0.3 is 0 Å². The number of rotatable bonds is 9. The van der Waals surface area contributed by atoms with Crippen LogP contribution in [0.3, 0.4) is 0 Å². The Morgan fingerprint density at radius 2 is 1.33 bits per heavy atom. The lowest BCUT2D eigenvalue weighted by molar-refractivity contribution is 0.783. The van der Waals surface area contributed by atoms with Crippen LogP contribution in [0.5, 0.6) is 0 Å². The van der Waals surface area contributed by atoms with Crippen LogP contribution in [0.2, 0.25) is 12.6 Å². The van der Waals surface area contributed by atoms with Crippen molar-refractivity contribution in [3.63, 3.8) is 0 Å². The second kappa shape index (κ2) is 9.44. The highest BCUT2D eigenvalue weighted by atomic mass is 14.0. The normalized spacial score (nSPS) is 10.5. The summed E-state index contributed by atoms with van der Waals surface area (Å²) in [6.07, 6.45) is 9.17. The first-order valence-corrected chi connectivity index (χ1v) is 8.49. The molecule has 0 aliphatic carbocycles. The molecule has 21 heavy (non-hydrogen) atoms. The molecule has 0 aliphatic heterocycles. The Morgan fingerprint density at radius 3 is 2.00 bits per heavy atom. The molecule has 0 saturated carbocycles. The van der Waals surface area contributed by atoms with E-state index in [9.17, 15) is 0 Å². The average molecular weight is 278 g/mol. The van der Waals surface area contributed by atoms with Crippen LogP contribution in [0.25, 0.3) is 0 Å². The summed E-state index contributed by atoms with van der Waals surface area (Å²) in [5.74, 6) is 0. The van der Waals surface area contributed by atoms with E-state index in [0.717, 1.165) is 6.71 Å². The quantitative estimate of drug-likeness (QED) is 0.436. The van der Waals surface area contributed by atoms with Crippen LogP contribution >= 0.6 is 0 Å². The molecule has 0 unspecified atom stereocenters. The van der Waals surface area contributed by atoms with E-state index < -0.39 is 0 Å². The van der Waals surface area contributed by atoms with Crippen molar-refractivity contribution in [3.05, 3.63) is 66.2 Å². The van der Waals surface area contributed by atoms with E-state index in [4.69, 9.17) is 0 Å². The van der Waals surface area contributed by atoms with Crippen molar-refractivity contribution in [2.45, 2.75) is 51.7 Å². The molecule has 2 rings (SSSR count). The molecular formula is C20H27B. The Bertz CT molecular complexity index is 478. The van der Waals surface area contributed by atoms with Gasteiger partial charge in [-0.3, -0.25) is 0 Å². The fraction of sp³-hybridized carbons (Fsp3) is 0.400. The third-order valence-corrected chi connectivity index (χ3v) is 4.29. The summed E-state index contributed by atoms with van der Waals surface area (Å²) in [7, 11) is 0. The zero-order valence-corrected chi connectivity index (χ0v) is 13.3. The molecule has 0 aromatic heterocycles. The molecule has 0 fully saturated rings. The first-order valence-electron chi connectivity index (χ1n) is 8.49. The largest absolute Gasteiger partial charge is 0.175 e. The Kier molecular flexibility index (Phi) is 7.14. The van der Waals surface area contributed by atoms with Crippen LogP contribution in [-0.4, -0.2) is 6.71 Å². The monoisotopic (exact) mass is 278 g/mol. The van der Waals surface area contributed by atoms with Crippen molar-refractivity contribution in [1.82, 2.24) is 0 Å². The summed E-state index contributed by atoms with van der Waals surface area (Å²) in [6.45, 7) is 3.04. The lowest BCUT2D eigenvalue weighted by Crippen LogP contribution is -2.29. The number of hydrogen-bond acceptors (Lipinski definition) is 0. The predicted octanol–water partition coefficient (Wildman–Crippen LogP) is 5.21. The van der Waals surface area contributed by atoms with Crippen molar-refractivity contribution in [2.24, 2.45) is 0 Å². The highest BCUT2D eigenvalue weighted by molar-refractivity contribution is 6.73. The van der Waals surface area contributed by atoms with Gasteiger partial charge in [0.05, 0.1) is 0 Å². The van der Waals surface area contributed by atoms with Gasteiger partial charge < -0.3 is 0 Å². The number of hydrogen-bond donors (Lipinski definition) is 0. The lowest BCUT2D eigenvalue weighted by atomic mass is 9.39. The van der Waals surface area contributed by atoms with E-state index in [0.29, 0.717) is 0 Å². The van der Waals surface area contributed by atoms with Crippen LogP contribution in [0.1, 0.15) is 38.2 Å². The van der Waals surface area contributed by atoms with Gasteiger partial charge in [-0.1, -0.05) is 105 Å². The molecule has 0 amide bonds. The van der Waals surface area contributed by atoms with Gasteiger partial charge in [0.25, 0.3) is 0 Å². The van der Waals surface area contributed by atoms with Crippen molar-refractivity contribution in [2.75, 3.05) is 0 Å². The van der Waals surface area contributed by atoms with Crippen LogP contribution in [0.15, 0.2) is 60.7 Å². The molecule has 0 nitrogen and oxygen atoms in total. The van der Waals surface area contributed by atoms with Crippen molar-refractivity contribution in [1.29, 1.82) is 0 Å². The highest BCUT2D eigenvalue weighted by Crippen LogP contribution is 2.13. The third kappa shape index (κ3) is 5.79. The summed E-state index contributed by atoms with van der Waals surface area (Å²) in [5.41, 5.74) is 3.01. The minimum Gasteiger partial charge on any atom is -0.0801 e. The molecule has 0 atom stereocenters. The predicted molar refractivity (Wildman–Crippen MR) is 95.7 cm³/mol. The van der Waals surface area contributed by atoms with Crippen LogP contribution in [0.4, 0.5) is 0 Å². The first-order chi connectivity index (χ1) is 10.4. The van der Waals surface area contributed by atoms with Gasteiger partial charge in [-0.15, -0.1) is 0 Å². The van der Waals surface area contributed by atoms with E-state index in [-0.39, 0.29) is 0 Å². The number of unbranched alkanes of at least 4 members (excludes halogenated alkanes) is 2. The fourth-order valence-corrected chi connectivity index (χ4v) is 3.02. The van der Waals surface area contributed by atoms with E-state index in [1.807, 2.05) is 0 Å². The first kappa shape index (κ1) is 15.9. The standard InChI is InChI=1S/C20H27B/c1-2-3-17-21(20-15-8-5-9-16-20)18-11-10-14-19-12-6-4-7-13-19/h4-9,12-13,15-16H,2-3,10-11,14,17-18H2,1H3. The molecule has 0 aliphatic rings. The van der Waals surface area contributed by atoms with Crippen LogP contribution < -0.4 is 5.46 Å². The van der Waals surface area contributed by atoms with Gasteiger partial charge in [-0.05, 0) is 18.4 Å². The van der Waals surface area contributed by atoms with Crippen LogP contribution in [0, 0.1) is 0 Å². The molecule has 1 heteroatoms. The number of aryl methyl sites for hydroxylation is 1. The molecule has 0 heterocycles.